The summed E-state index contributed by atoms with van der Waals surface area (Å²) in [7, 11) is 0. The second-order valence-corrected chi connectivity index (χ2v) is 4.32. The zero-order valence-electron chi connectivity index (χ0n) is 10.3. The Morgan fingerprint density at radius 1 is 1.53 bits per heavy atom. The highest BCUT2D eigenvalue weighted by molar-refractivity contribution is 6.29. The first kappa shape index (κ1) is 13.4. The Morgan fingerprint density at radius 2 is 2.32 bits per heavy atom. The van der Waals surface area contributed by atoms with Crippen molar-refractivity contribution in [3.8, 4) is 0 Å². The summed E-state index contributed by atoms with van der Waals surface area (Å²) < 4.78 is 5.28. The van der Waals surface area contributed by atoms with E-state index in [-0.39, 0.29) is 10.7 Å². The number of carboxylic acid groups (broad SMARTS) is 1. The lowest BCUT2D eigenvalue weighted by Crippen LogP contribution is -2.23. The van der Waals surface area contributed by atoms with Crippen molar-refractivity contribution in [1.29, 1.82) is 0 Å². The van der Waals surface area contributed by atoms with Gasteiger partial charge in [0.2, 0.25) is 0 Å². The van der Waals surface area contributed by atoms with Crippen LogP contribution in [0.2, 0.25) is 5.15 Å². The SMILES string of the molecule is CCN(Cc1ccco1)c1cc(C(=O)O)cc(Cl)n1. The van der Waals surface area contributed by atoms with Crippen molar-refractivity contribution in [2.75, 3.05) is 11.4 Å². The van der Waals surface area contributed by atoms with Crippen molar-refractivity contribution in [2.24, 2.45) is 0 Å². The topological polar surface area (TPSA) is 66.6 Å². The molecule has 0 saturated carbocycles. The van der Waals surface area contributed by atoms with Crippen molar-refractivity contribution in [3.63, 3.8) is 0 Å². The van der Waals surface area contributed by atoms with Crippen molar-refractivity contribution in [3.05, 3.63) is 47.0 Å². The van der Waals surface area contributed by atoms with Gasteiger partial charge in [-0.25, -0.2) is 9.78 Å². The van der Waals surface area contributed by atoms with Crippen molar-refractivity contribution in [2.45, 2.75) is 13.5 Å². The van der Waals surface area contributed by atoms with Crippen LogP contribution in [0.1, 0.15) is 23.0 Å². The number of carboxylic acids is 1. The van der Waals surface area contributed by atoms with Crippen LogP contribution in [0.4, 0.5) is 5.82 Å². The van der Waals surface area contributed by atoms with E-state index in [1.54, 1.807) is 12.3 Å². The number of hydrogen-bond acceptors (Lipinski definition) is 4. The standard InChI is InChI=1S/C13H13ClN2O3/c1-2-16(8-10-4-3-5-19-10)12-7-9(13(17)18)6-11(14)15-12/h3-7H,2,8H2,1H3,(H,17,18). The Hall–Kier alpha value is -2.01. The van der Waals surface area contributed by atoms with Crippen LogP contribution in [0, 0.1) is 0 Å². The van der Waals surface area contributed by atoms with Crippen LogP contribution in [-0.2, 0) is 6.54 Å². The average Bonchev–Trinajstić information content (AvgIpc) is 2.88. The summed E-state index contributed by atoms with van der Waals surface area (Å²) in [6.07, 6.45) is 1.59. The molecule has 0 spiro atoms. The van der Waals surface area contributed by atoms with E-state index in [2.05, 4.69) is 4.98 Å². The Morgan fingerprint density at radius 3 is 2.89 bits per heavy atom. The third kappa shape index (κ3) is 3.26. The first-order valence-electron chi connectivity index (χ1n) is 5.78. The van der Waals surface area contributed by atoms with E-state index in [0.717, 1.165) is 5.76 Å². The molecule has 5 nitrogen and oxygen atoms in total. The van der Waals surface area contributed by atoms with Gasteiger partial charge >= 0.3 is 5.97 Å². The average molecular weight is 281 g/mol. The predicted octanol–water partition coefficient (Wildman–Crippen LogP) is 3.05. The van der Waals surface area contributed by atoms with Gasteiger partial charge in [-0.05, 0) is 31.2 Å². The van der Waals surface area contributed by atoms with Gasteiger partial charge in [0.15, 0.2) is 0 Å². The van der Waals surface area contributed by atoms with Gasteiger partial charge in [-0.1, -0.05) is 11.6 Å². The van der Waals surface area contributed by atoms with Crippen LogP contribution in [-0.4, -0.2) is 22.6 Å². The number of aromatic nitrogens is 1. The normalized spacial score (nSPS) is 10.4. The second-order valence-electron chi connectivity index (χ2n) is 3.94. The zero-order chi connectivity index (χ0) is 13.8. The highest BCUT2D eigenvalue weighted by Crippen LogP contribution is 2.20. The number of carbonyl (C=O) groups is 1. The molecule has 0 saturated heterocycles. The molecule has 2 heterocycles. The Labute approximate surface area is 115 Å². The Balaban J connectivity index is 2.29. The maximum absolute atomic E-state index is 11.0. The van der Waals surface area contributed by atoms with Crippen LogP contribution in [0.3, 0.4) is 0 Å². The van der Waals surface area contributed by atoms with Crippen LogP contribution < -0.4 is 4.90 Å². The smallest absolute Gasteiger partial charge is 0.335 e. The second kappa shape index (κ2) is 5.75. The van der Waals surface area contributed by atoms with Crippen molar-refractivity contribution < 1.29 is 14.3 Å². The molecule has 0 unspecified atom stereocenters. The van der Waals surface area contributed by atoms with Gasteiger partial charge in [0.05, 0.1) is 18.4 Å². The Bertz CT molecular complexity index is 569. The van der Waals surface area contributed by atoms with Crippen molar-refractivity contribution >= 4 is 23.4 Å². The number of hydrogen-bond donors (Lipinski definition) is 1. The molecule has 0 aliphatic carbocycles. The maximum Gasteiger partial charge on any atom is 0.335 e. The van der Waals surface area contributed by atoms with E-state index in [0.29, 0.717) is 18.9 Å². The lowest BCUT2D eigenvalue weighted by atomic mass is 10.2. The third-order valence-corrected chi connectivity index (χ3v) is 2.85. The highest BCUT2D eigenvalue weighted by atomic mass is 35.5. The first-order valence-corrected chi connectivity index (χ1v) is 6.16. The van der Waals surface area contributed by atoms with E-state index in [9.17, 15) is 4.79 Å². The number of aromatic carboxylic acids is 1. The summed E-state index contributed by atoms with van der Waals surface area (Å²) in [6.45, 7) is 3.12. The third-order valence-electron chi connectivity index (χ3n) is 2.66. The number of rotatable bonds is 5. The minimum absolute atomic E-state index is 0.118. The summed E-state index contributed by atoms with van der Waals surface area (Å²) in [6, 6.07) is 6.48. The molecule has 2 aromatic rings. The molecule has 0 amide bonds. The van der Waals surface area contributed by atoms with Gasteiger partial charge in [0, 0.05) is 6.54 Å². The number of furan rings is 1. The van der Waals surface area contributed by atoms with Crippen LogP contribution in [0.15, 0.2) is 34.9 Å². The van der Waals surface area contributed by atoms with E-state index in [1.165, 1.54) is 12.1 Å². The first-order chi connectivity index (χ1) is 9.10. The summed E-state index contributed by atoms with van der Waals surface area (Å²) >= 11 is 5.85. The fourth-order valence-corrected chi connectivity index (χ4v) is 1.92. The van der Waals surface area contributed by atoms with Crippen LogP contribution in [0.5, 0.6) is 0 Å². The van der Waals surface area contributed by atoms with Gasteiger partial charge in [0.25, 0.3) is 0 Å². The maximum atomic E-state index is 11.0. The fraction of sp³-hybridized carbons (Fsp3) is 0.231. The molecule has 6 heteroatoms. The molecule has 0 radical (unpaired) electrons. The van der Waals surface area contributed by atoms with E-state index in [4.69, 9.17) is 21.1 Å². The molecular formula is C13H13ClN2O3. The van der Waals surface area contributed by atoms with E-state index >= 15 is 0 Å². The molecule has 0 aliphatic heterocycles. The summed E-state index contributed by atoms with van der Waals surface area (Å²) in [5.41, 5.74) is 0.118. The molecule has 0 fully saturated rings. The number of pyridine rings is 1. The molecule has 0 aromatic carbocycles. The molecule has 0 aliphatic rings. The fourth-order valence-electron chi connectivity index (χ4n) is 1.71. The van der Waals surface area contributed by atoms with Crippen LogP contribution >= 0.6 is 11.6 Å². The highest BCUT2D eigenvalue weighted by Gasteiger charge is 2.13. The summed E-state index contributed by atoms with van der Waals surface area (Å²) in [4.78, 5) is 17.1. The lowest BCUT2D eigenvalue weighted by Gasteiger charge is -2.21. The number of anilines is 1. The van der Waals surface area contributed by atoms with E-state index < -0.39 is 5.97 Å². The Kier molecular flexibility index (Phi) is 4.06. The van der Waals surface area contributed by atoms with Gasteiger partial charge in [-0.2, -0.15) is 0 Å². The molecular weight excluding hydrogens is 268 g/mol. The monoisotopic (exact) mass is 280 g/mol. The molecule has 0 atom stereocenters. The molecule has 2 rings (SSSR count). The number of halogens is 1. The van der Waals surface area contributed by atoms with Gasteiger partial charge in [0.1, 0.15) is 16.7 Å². The summed E-state index contributed by atoms with van der Waals surface area (Å²) in [5, 5.41) is 9.18. The number of nitrogens with zero attached hydrogens (tertiary/aromatic N) is 2. The quantitative estimate of drug-likeness (QED) is 0.853. The van der Waals surface area contributed by atoms with Gasteiger partial charge in [-0.15, -0.1) is 0 Å². The molecule has 0 bridgehead atoms. The molecule has 100 valence electrons. The largest absolute Gasteiger partial charge is 0.478 e. The van der Waals surface area contributed by atoms with E-state index in [1.807, 2.05) is 17.9 Å². The molecule has 1 N–H and O–H groups in total. The van der Waals surface area contributed by atoms with Crippen LogP contribution in [0.25, 0.3) is 0 Å². The minimum Gasteiger partial charge on any atom is -0.478 e. The van der Waals surface area contributed by atoms with Gasteiger partial charge in [-0.3, -0.25) is 0 Å². The van der Waals surface area contributed by atoms with Crippen molar-refractivity contribution in [1.82, 2.24) is 4.98 Å². The zero-order valence-corrected chi connectivity index (χ0v) is 11.1. The summed E-state index contributed by atoms with van der Waals surface area (Å²) in [5.74, 6) is 0.268. The molecule has 19 heavy (non-hydrogen) atoms. The molecule has 2 aromatic heterocycles. The lowest BCUT2D eigenvalue weighted by molar-refractivity contribution is 0.0697. The van der Waals surface area contributed by atoms with Gasteiger partial charge < -0.3 is 14.4 Å². The minimum atomic E-state index is -1.03. The predicted molar refractivity (Wildman–Crippen MR) is 71.6 cm³/mol.